The number of carbonyl (C=O) groups is 1. The number of ketones is 1. The maximum absolute atomic E-state index is 13.3. The van der Waals surface area contributed by atoms with E-state index < -0.39 is 11.6 Å². The molecule has 0 amide bonds. The standard InChI is InChI=1S/C10H7BrFNO/c1-6-2-3-8(12)10(7(6)5-13)9(14)4-11/h2-3H,4H2,1H3. The Morgan fingerprint density at radius 1 is 1.64 bits per heavy atom. The van der Waals surface area contributed by atoms with E-state index in [9.17, 15) is 9.18 Å². The Hall–Kier alpha value is -1.21. The summed E-state index contributed by atoms with van der Waals surface area (Å²) in [6.07, 6.45) is 0. The molecule has 0 aliphatic rings. The normalized spacial score (nSPS) is 9.57. The molecule has 0 aliphatic heterocycles. The fourth-order valence-corrected chi connectivity index (χ4v) is 1.45. The van der Waals surface area contributed by atoms with Crippen molar-refractivity contribution in [2.45, 2.75) is 6.92 Å². The second kappa shape index (κ2) is 4.34. The molecule has 0 saturated heterocycles. The van der Waals surface area contributed by atoms with Crippen molar-refractivity contribution in [1.29, 1.82) is 5.26 Å². The third-order valence-electron chi connectivity index (χ3n) is 1.87. The van der Waals surface area contributed by atoms with Crippen molar-refractivity contribution in [3.05, 3.63) is 34.6 Å². The lowest BCUT2D eigenvalue weighted by Gasteiger charge is -2.04. The number of nitrogens with zero attached hydrogens (tertiary/aromatic N) is 1. The SMILES string of the molecule is Cc1ccc(F)c(C(=O)CBr)c1C#N. The summed E-state index contributed by atoms with van der Waals surface area (Å²) in [5, 5.41) is 8.80. The number of hydrogen-bond donors (Lipinski definition) is 0. The average Bonchev–Trinajstić information content (AvgIpc) is 2.19. The van der Waals surface area contributed by atoms with Gasteiger partial charge in [0, 0.05) is 0 Å². The first-order valence-electron chi connectivity index (χ1n) is 3.90. The molecule has 0 N–H and O–H groups in total. The minimum atomic E-state index is -0.642. The largest absolute Gasteiger partial charge is 0.293 e. The summed E-state index contributed by atoms with van der Waals surface area (Å²) in [6, 6.07) is 4.52. The summed E-state index contributed by atoms with van der Waals surface area (Å²) in [6.45, 7) is 1.67. The van der Waals surface area contributed by atoms with E-state index in [-0.39, 0.29) is 16.5 Å². The molecule has 0 heterocycles. The van der Waals surface area contributed by atoms with Crippen LogP contribution in [0.2, 0.25) is 0 Å². The van der Waals surface area contributed by atoms with Gasteiger partial charge in [0.15, 0.2) is 5.78 Å². The molecule has 1 rings (SSSR count). The zero-order chi connectivity index (χ0) is 10.7. The highest BCUT2D eigenvalue weighted by Crippen LogP contribution is 2.18. The molecule has 0 bridgehead atoms. The van der Waals surface area contributed by atoms with Crippen LogP contribution in [0.4, 0.5) is 4.39 Å². The molecule has 0 radical (unpaired) electrons. The zero-order valence-corrected chi connectivity index (χ0v) is 9.06. The molecule has 0 spiro atoms. The molecule has 2 nitrogen and oxygen atoms in total. The molecule has 0 fully saturated rings. The molecule has 72 valence electrons. The summed E-state index contributed by atoms with van der Waals surface area (Å²) in [5.41, 5.74) is 0.608. The van der Waals surface area contributed by atoms with Crippen molar-refractivity contribution >= 4 is 21.7 Å². The lowest BCUT2D eigenvalue weighted by Crippen LogP contribution is -2.07. The van der Waals surface area contributed by atoms with Gasteiger partial charge < -0.3 is 0 Å². The van der Waals surface area contributed by atoms with E-state index in [2.05, 4.69) is 15.9 Å². The Bertz CT molecular complexity index is 423. The van der Waals surface area contributed by atoms with Crippen molar-refractivity contribution in [2.75, 3.05) is 5.33 Å². The molecule has 4 heteroatoms. The van der Waals surface area contributed by atoms with Crippen LogP contribution in [0.15, 0.2) is 12.1 Å². The summed E-state index contributed by atoms with van der Waals surface area (Å²) in [7, 11) is 0. The van der Waals surface area contributed by atoms with E-state index in [1.807, 2.05) is 6.07 Å². The van der Waals surface area contributed by atoms with E-state index in [0.717, 1.165) is 0 Å². The summed E-state index contributed by atoms with van der Waals surface area (Å²) < 4.78 is 13.3. The third kappa shape index (κ3) is 1.83. The summed E-state index contributed by atoms with van der Waals surface area (Å²) in [4.78, 5) is 11.3. The van der Waals surface area contributed by atoms with Crippen LogP contribution < -0.4 is 0 Å². The van der Waals surface area contributed by atoms with E-state index in [0.29, 0.717) is 5.56 Å². The number of Topliss-reactive ketones (excluding diaryl/α,β-unsaturated/α-hetero) is 1. The minimum Gasteiger partial charge on any atom is -0.293 e. The van der Waals surface area contributed by atoms with Gasteiger partial charge in [0.25, 0.3) is 0 Å². The summed E-state index contributed by atoms with van der Waals surface area (Å²) >= 11 is 2.95. The van der Waals surface area contributed by atoms with Gasteiger partial charge in [-0.05, 0) is 18.6 Å². The number of aryl methyl sites for hydroxylation is 1. The fourth-order valence-electron chi connectivity index (χ4n) is 1.16. The van der Waals surface area contributed by atoms with Gasteiger partial charge in [-0.1, -0.05) is 22.0 Å². The summed E-state index contributed by atoms with van der Waals surface area (Å²) in [5.74, 6) is -1.06. The van der Waals surface area contributed by atoms with Crippen LogP contribution >= 0.6 is 15.9 Å². The first-order valence-corrected chi connectivity index (χ1v) is 5.02. The van der Waals surface area contributed by atoms with Crippen molar-refractivity contribution < 1.29 is 9.18 Å². The second-order valence-corrected chi connectivity index (χ2v) is 3.34. The maximum Gasteiger partial charge on any atom is 0.177 e. The van der Waals surface area contributed by atoms with Crippen LogP contribution in [0.5, 0.6) is 0 Å². The maximum atomic E-state index is 13.3. The van der Waals surface area contributed by atoms with Gasteiger partial charge in [0.1, 0.15) is 11.9 Å². The lowest BCUT2D eigenvalue weighted by molar-refractivity contribution is 0.101. The van der Waals surface area contributed by atoms with Gasteiger partial charge in [-0.3, -0.25) is 4.79 Å². The number of carbonyl (C=O) groups excluding carboxylic acids is 1. The van der Waals surface area contributed by atoms with E-state index >= 15 is 0 Å². The monoisotopic (exact) mass is 255 g/mol. The molecule has 14 heavy (non-hydrogen) atoms. The first kappa shape index (κ1) is 10.9. The Kier molecular flexibility index (Phi) is 3.37. The van der Waals surface area contributed by atoms with Crippen LogP contribution in [-0.4, -0.2) is 11.1 Å². The van der Waals surface area contributed by atoms with Gasteiger partial charge in [-0.15, -0.1) is 0 Å². The molecule has 0 aromatic heterocycles. The number of halogens is 2. The van der Waals surface area contributed by atoms with Gasteiger partial charge in [0.05, 0.1) is 16.5 Å². The Balaban J connectivity index is 3.47. The predicted octanol–water partition coefficient (Wildman–Crippen LogP) is 2.58. The molecule has 0 atom stereocenters. The number of rotatable bonds is 2. The van der Waals surface area contributed by atoms with Gasteiger partial charge in [-0.25, -0.2) is 4.39 Å². The molecule has 0 unspecified atom stereocenters. The second-order valence-electron chi connectivity index (χ2n) is 2.78. The Labute approximate surface area is 89.5 Å². The van der Waals surface area contributed by atoms with Crippen LogP contribution in [0.3, 0.4) is 0 Å². The van der Waals surface area contributed by atoms with Crippen LogP contribution in [0.1, 0.15) is 21.5 Å². The predicted molar refractivity (Wildman–Crippen MR) is 54.0 cm³/mol. The number of hydrogen-bond acceptors (Lipinski definition) is 2. The molecule has 0 saturated carbocycles. The van der Waals surface area contributed by atoms with Crippen molar-refractivity contribution in [3.63, 3.8) is 0 Å². The molecular formula is C10H7BrFNO. The topological polar surface area (TPSA) is 40.9 Å². The van der Waals surface area contributed by atoms with Gasteiger partial charge in [-0.2, -0.15) is 5.26 Å². The van der Waals surface area contributed by atoms with Crippen molar-refractivity contribution in [2.24, 2.45) is 0 Å². The number of nitriles is 1. The fraction of sp³-hybridized carbons (Fsp3) is 0.200. The average molecular weight is 256 g/mol. The van der Waals surface area contributed by atoms with Crippen LogP contribution in [0, 0.1) is 24.1 Å². The Morgan fingerprint density at radius 3 is 2.79 bits per heavy atom. The smallest absolute Gasteiger partial charge is 0.177 e. The van der Waals surface area contributed by atoms with Crippen LogP contribution in [0.25, 0.3) is 0 Å². The molecule has 1 aromatic rings. The third-order valence-corrected chi connectivity index (χ3v) is 2.38. The number of alkyl halides is 1. The zero-order valence-electron chi connectivity index (χ0n) is 7.47. The van der Waals surface area contributed by atoms with Crippen molar-refractivity contribution in [3.8, 4) is 6.07 Å². The minimum absolute atomic E-state index is 0.0159. The van der Waals surface area contributed by atoms with Crippen LogP contribution in [-0.2, 0) is 0 Å². The quantitative estimate of drug-likeness (QED) is 0.602. The van der Waals surface area contributed by atoms with E-state index in [1.165, 1.54) is 12.1 Å². The highest BCUT2D eigenvalue weighted by atomic mass is 79.9. The molecular weight excluding hydrogens is 249 g/mol. The highest BCUT2D eigenvalue weighted by Gasteiger charge is 2.17. The van der Waals surface area contributed by atoms with Gasteiger partial charge in [0.2, 0.25) is 0 Å². The van der Waals surface area contributed by atoms with Gasteiger partial charge >= 0.3 is 0 Å². The Morgan fingerprint density at radius 2 is 2.29 bits per heavy atom. The lowest BCUT2D eigenvalue weighted by atomic mass is 10.00. The van der Waals surface area contributed by atoms with Crippen molar-refractivity contribution in [1.82, 2.24) is 0 Å². The molecule has 1 aromatic carbocycles. The first-order chi connectivity index (χ1) is 6.61. The highest BCUT2D eigenvalue weighted by molar-refractivity contribution is 9.09. The molecule has 0 aliphatic carbocycles. The van der Waals surface area contributed by atoms with E-state index in [1.54, 1.807) is 6.92 Å². The number of benzene rings is 1. The van der Waals surface area contributed by atoms with E-state index in [4.69, 9.17) is 5.26 Å².